The van der Waals surface area contributed by atoms with Crippen molar-refractivity contribution in [3.63, 3.8) is 0 Å². The van der Waals surface area contributed by atoms with Gasteiger partial charge in [0, 0.05) is 5.69 Å². The molecule has 1 aliphatic heterocycles. The van der Waals surface area contributed by atoms with E-state index in [2.05, 4.69) is 30.0 Å². The lowest BCUT2D eigenvalue weighted by Crippen LogP contribution is -2.35. The van der Waals surface area contributed by atoms with Gasteiger partial charge in [-0.2, -0.15) is 0 Å². The molecule has 0 amide bonds. The third kappa shape index (κ3) is 4.35. The zero-order valence-electron chi connectivity index (χ0n) is 17.8. The molecule has 0 fully saturated rings. The summed E-state index contributed by atoms with van der Waals surface area (Å²) in [6.07, 6.45) is 0.793. The van der Waals surface area contributed by atoms with Crippen molar-refractivity contribution in [1.82, 2.24) is 0 Å². The predicted octanol–water partition coefficient (Wildman–Crippen LogP) is 5.34. The van der Waals surface area contributed by atoms with Crippen LogP contribution in [0.25, 0.3) is 0 Å². The van der Waals surface area contributed by atoms with E-state index in [0.29, 0.717) is 5.56 Å². The van der Waals surface area contributed by atoms with E-state index < -0.39 is 11.0 Å². The van der Waals surface area contributed by atoms with Crippen LogP contribution in [0, 0.1) is 5.41 Å². The highest BCUT2D eigenvalue weighted by Crippen LogP contribution is 2.46. The number of benzene rings is 3. The van der Waals surface area contributed by atoms with E-state index in [1.165, 1.54) is 7.11 Å². The first kappa shape index (κ1) is 21.1. The highest BCUT2D eigenvalue weighted by atomic mass is 32.2. The summed E-state index contributed by atoms with van der Waals surface area (Å²) in [6, 6.07) is 23.0. The van der Waals surface area contributed by atoms with Gasteiger partial charge in [0.15, 0.2) is 0 Å². The number of carbonyl (C=O) groups excluding carboxylic acids is 1. The molecule has 31 heavy (non-hydrogen) atoms. The van der Waals surface area contributed by atoms with Crippen LogP contribution in [0.2, 0.25) is 0 Å². The van der Waals surface area contributed by atoms with Crippen molar-refractivity contribution in [1.29, 1.82) is 0 Å². The van der Waals surface area contributed by atoms with Crippen molar-refractivity contribution >= 4 is 28.3 Å². The molecule has 3 aromatic rings. The lowest BCUT2D eigenvalue weighted by Gasteiger charge is -2.42. The van der Waals surface area contributed by atoms with Crippen LogP contribution < -0.4 is 10.0 Å². The average molecular weight is 435 g/mol. The van der Waals surface area contributed by atoms with Gasteiger partial charge in [-0.25, -0.2) is 9.00 Å². The number of hydrogen-bond donors (Lipinski definition) is 2. The molecule has 1 heterocycles. The second-order valence-electron chi connectivity index (χ2n) is 8.38. The quantitative estimate of drug-likeness (QED) is 0.532. The Bertz CT molecular complexity index is 1130. The maximum absolute atomic E-state index is 12.9. The smallest absolute Gasteiger partial charge is 0.337 e. The summed E-state index contributed by atoms with van der Waals surface area (Å²) in [5.41, 5.74) is 4.38. The number of esters is 1. The summed E-state index contributed by atoms with van der Waals surface area (Å²) in [6.45, 7) is 4.40. The minimum Gasteiger partial charge on any atom is -0.465 e. The van der Waals surface area contributed by atoms with Gasteiger partial charge in [-0.3, -0.25) is 0 Å². The van der Waals surface area contributed by atoms with Crippen molar-refractivity contribution in [2.24, 2.45) is 5.41 Å². The fourth-order valence-electron chi connectivity index (χ4n) is 4.11. The lowest BCUT2D eigenvalue weighted by molar-refractivity contribution is 0.0600. The number of nitrogens with one attached hydrogen (secondary N) is 2. The molecule has 0 radical (unpaired) electrons. The van der Waals surface area contributed by atoms with Crippen LogP contribution >= 0.6 is 0 Å². The van der Waals surface area contributed by atoms with Gasteiger partial charge in [-0.05, 0) is 59.4 Å². The Balaban J connectivity index is 1.66. The van der Waals surface area contributed by atoms with E-state index in [0.717, 1.165) is 33.8 Å². The van der Waals surface area contributed by atoms with Crippen LogP contribution in [0.3, 0.4) is 0 Å². The van der Waals surface area contributed by atoms with E-state index >= 15 is 0 Å². The first-order valence-corrected chi connectivity index (χ1v) is 11.3. The largest absolute Gasteiger partial charge is 0.465 e. The average Bonchev–Trinajstić information content (AvgIpc) is 2.78. The highest BCUT2D eigenvalue weighted by Gasteiger charge is 2.37. The normalized spacial score (nSPS) is 17.7. The molecule has 0 saturated carbocycles. The maximum atomic E-state index is 12.9. The van der Waals surface area contributed by atoms with E-state index in [4.69, 9.17) is 4.74 Å². The van der Waals surface area contributed by atoms with Crippen molar-refractivity contribution in [3.05, 3.63) is 89.5 Å². The Morgan fingerprint density at radius 2 is 1.77 bits per heavy atom. The van der Waals surface area contributed by atoms with Gasteiger partial charge in [0.2, 0.25) is 0 Å². The number of fused-ring (bicyclic) bond motifs is 1. The van der Waals surface area contributed by atoms with Crippen LogP contribution in [0.5, 0.6) is 0 Å². The third-order valence-corrected chi connectivity index (χ3v) is 6.79. The molecule has 1 aliphatic rings. The summed E-state index contributed by atoms with van der Waals surface area (Å²) < 4.78 is 20.9. The van der Waals surface area contributed by atoms with E-state index in [9.17, 15) is 9.00 Å². The molecule has 2 atom stereocenters. The molecule has 3 aromatic carbocycles. The Labute approximate surface area is 185 Å². The van der Waals surface area contributed by atoms with E-state index in [1.807, 2.05) is 60.7 Å². The number of hydrogen-bond acceptors (Lipinski definition) is 4. The van der Waals surface area contributed by atoms with Gasteiger partial charge in [0.25, 0.3) is 0 Å². The molecule has 0 saturated heterocycles. The minimum atomic E-state index is -1.36. The molecule has 2 N–H and O–H groups in total. The second-order valence-corrected chi connectivity index (χ2v) is 9.59. The highest BCUT2D eigenvalue weighted by molar-refractivity contribution is 7.86. The molecule has 5 nitrogen and oxygen atoms in total. The number of rotatable bonds is 5. The molecule has 4 rings (SSSR count). The van der Waals surface area contributed by atoms with Crippen LogP contribution in [-0.2, 0) is 22.1 Å². The van der Waals surface area contributed by atoms with Crippen molar-refractivity contribution in [2.75, 3.05) is 17.1 Å². The number of anilines is 2. The van der Waals surface area contributed by atoms with Crippen molar-refractivity contribution < 1.29 is 13.7 Å². The first-order valence-electron chi connectivity index (χ1n) is 10.2. The van der Waals surface area contributed by atoms with E-state index in [-0.39, 0.29) is 17.4 Å². The van der Waals surface area contributed by atoms with Crippen molar-refractivity contribution in [3.8, 4) is 0 Å². The molecular formula is C25H26N2O3S. The van der Waals surface area contributed by atoms with Gasteiger partial charge in [-0.1, -0.05) is 50.2 Å². The van der Waals surface area contributed by atoms with Crippen LogP contribution in [0.1, 0.15) is 41.4 Å². The number of carbonyl (C=O) groups is 1. The minimum absolute atomic E-state index is 0.000417. The third-order valence-electron chi connectivity index (χ3n) is 5.69. The molecule has 0 spiro atoms. The summed E-state index contributed by atoms with van der Waals surface area (Å²) in [4.78, 5) is 12.7. The number of para-hydroxylation sites is 1. The first-order chi connectivity index (χ1) is 14.9. The van der Waals surface area contributed by atoms with Gasteiger partial charge in [0.05, 0.1) is 29.3 Å². The van der Waals surface area contributed by atoms with Crippen LogP contribution in [-0.4, -0.2) is 17.3 Å². The topological polar surface area (TPSA) is 67.4 Å². The molecular weight excluding hydrogens is 408 g/mol. The summed E-state index contributed by atoms with van der Waals surface area (Å²) >= 11 is 0. The van der Waals surface area contributed by atoms with Gasteiger partial charge in [-0.15, -0.1) is 0 Å². The Kier molecular flexibility index (Phi) is 5.83. The molecule has 2 unspecified atom stereocenters. The van der Waals surface area contributed by atoms with Crippen molar-refractivity contribution in [2.45, 2.75) is 31.2 Å². The van der Waals surface area contributed by atoms with Gasteiger partial charge in [0.1, 0.15) is 11.0 Å². The van der Waals surface area contributed by atoms with Crippen LogP contribution in [0.4, 0.5) is 11.4 Å². The molecule has 0 aliphatic carbocycles. The zero-order chi connectivity index (χ0) is 22.0. The molecule has 6 heteroatoms. The monoisotopic (exact) mass is 434 g/mol. The van der Waals surface area contributed by atoms with E-state index in [1.54, 1.807) is 6.07 Å². The van der Waals surface area contributed by atoms with Gasteiger partial charge < -0.3 is 14.8 Å². The Morgan fingerprint density at radius 1 is 1.06 bits per heavy atom. The summed E-state index contributed by atoms with van der Waals surface area (Å²) in [7, 11) is 0.0345. The summed E-state index contributed by atoms with van der Waals surface area (Å²) in [5, 5.41) is 3.65. The van der Waals surface area contributed by atoms with Gasteiger partial charge >= 0.3 is 5.97 Å². The molecule has 0 bridgehead atoms. The maximum Gasteiger partial charge on any atom is 0.337 e. The second kappa shape index (κ2) is 8.55. The summed E-state index contributed by atoms with van der Waals surface area (Å²) in [5.74, 6) is -0.333. The Hall–Kier alpha value is -3.12. The lowest BCUT2D eigenvalue weighted by atomic mass is 9.72. The number of ether oxygens (including phenoxy) is 1. The standard InChI is InChI=1S/C25H26N2O3S/c1-25(2)16-18-15-17(24(28)30-3)13-14-21(18)26-23(25)20-11-7-8-12-22(20)27-31(29)19-9-5-4-6-10-19/h4-15,23,26-27H,16H2,1-3H3. The Morgan fingerprint density at radius 3 is 2.52 bits per heavy atom. The SMILES string of the molecule is COC(=O)c1ccc2c(c1)CC(C)(C)C(c1ccccc1NS(=O)c1ccccc1)N2. The molecule has 0 aromatic heterocycles. The molecule has 160 valence electrons. The number of methoxy groups -OCH3 is 1. The predicted molar refractivity (Wildman–Crippen MR) is 125 cm³/mol. The van der Waals surface area contributed by atoms with Crippen LogP contribution in [0.15, 0.2) is 77.7 Å². The zero-order valence-corrected chi connectivity index (χ0v) is 18.7. The fraction of sp³-hybridized carbons (Fsp3) is 0.240. The fourth-order valence-corrected chi connectivity index (χ4v) is 5.02.